The largest absolute Gasteiger partial charge is 0.487 e. The van der Waals surface area contributed by atoms with E-state index in [-0.39, 0.29) is 4.90 Å². The first kappa shape index (κ1) is 16.9. The van der Waals surface area contributed by atoms with Crippen LogP contribution in [0.25, 0.3) is 0 Å². The molecule has 0 aromatic heterocycles. The van der Waals surface area contributed by atoms with Gasteiger partial charge in [0, 0.05) is 12.0 Å². The topological polar surface area (TPSA) is 55.4 Å². The van der Waals surface area contributed by atoms with Gasteiger partial charge in [-0.2, -0.15) is 0 Å². The van der Waals surface area contributed by atoms with Crippen LogP contribution >= 0.6 is 0 Å². The smallest absolute Gasteiger partial charge is 0.241 e. The fourth-order valence-electron chi connectivity index (χ4n) is 3.07. The molecule has 1 N–H and O–H groups in total. The summed E-state index contributed by atoms with van der Waals surface area (Å²) in [4.78, 5) is 0.0886. The monoisotopic (exact) mass is 349 g/mol. The van der Waals surface area contributed by atoms with Crippen molar-refractivity contribution in [2.75, 3.05) is 0 Å². The minimum absolute atomic E-state index is 0.0886. The third kappa shape index (κ3) is 3.30. The van der Waals surface area contributed by atoms with Crippen molar-refractivity contribution in [1.29, 1.82) is 0 Å². The van der Waals surface area contributed by atoms with Gasteiger partial charge in [-0.15, -0.1) is 0 Å². The number of halogens is 1. The molecule has 1 heterocycles. The van der Waals surface area contributed by atoms with Crippen LogP contribution in [0.5, 0.6) is 5.75 Å². The molecule has 2 aromatic carbocycles. The van der Waals surface area contributed by atoms with Crippen molar-refractivity contribution < 1.29 is 17.5 Å². The van der Waals surface area contributed by atoms with Gasteiger partial charge >= 0.3 is 0 Å². The van der Waals surface area contributed by atoms with Crippen molar-refractivity contribution in [2.45, 2.75) is 43.7 Å². The van der Waals surface area contributed by atoms with E-state index in [1.54, 1.807) is 6.92 Å². The minimum atomic E-state index is -3.77. The van der Waals surface area contributed by atoms with Crippen LogP contribution < -0.4 is 9.46 Å². The molecule has 1 aliphatic rings. The first-order valence-electron chi connectivity index (χ1n) is 7.74. The van der Waals surface area contributed by atoms with Crippen LogP contribution in [-0.4, -0.2) is 14.0 Å². The Balaban J connectivity index is 1.98. The van der Waals surface area contributed by atoms with Crippen LogP contribution in [0.15, 0.2) is 47.4 Å². The van der Waals surface area contributed by atoms with Gasteiger partial charge in [-0.1, -0.05) is 18.2 Å². The molecule has 6 heteroatoms. The molecule has 0 radical (unpaired) electrons. The second-order valence-corrected chi connectivity index (χ2v) is 8.37. The number of para-hydroxylation sites is 1. The summed E-state index contributed by atoms with van der Waals surface area (Å²) in [5.74, 6) is 0.223. The summed E-state index contributed by atoms with van der Waals surface area (Å²) in [6.07, 6.45) is 0.503. The van der Waals surface area contributed by atoms with Crippen LogP contribution in [0.2, 0.25) is 0 Å². The molecule has 0 aliphatic carbocycles. The average Bonchev–Trinajstić information content (AvgIpc) is 2.45. The van der Waals surface area contributed by atoms with Gasteiger partial charge < -0.3 is 4.74 Å². The summed E-state index contributed by atoms with van der Waals surface area (Å²) in [6.45, 7) is 5.43. The maximum atomic E-state index is 13.3. The lowest BCUT2D eigenvalue weighted by Gasteiger charge is -2.37. The number of hydrogen-bond acceptors (Lipinski definition) is 3. The van der Waals surface area contributed by atoms with Crippen molar-refractivity contribution in [3.8, 4) is 5.75 Å². The summed E-state index contributed by atoms with van der Waals surface area (Å²) >= 11 is 0. The second kappa shape index (κ2) is 5.86. The van der Waals surface area contributed by atoms with Gasteiger partial charge in [0.25, 0.3) is 0 Å². The van der Waals surface area contributed by atoms with E-state index in [1.165, 1.54) is 12.1 Å². The summed E-state index contributed by atoms with van der Waals surface area (Å²) in [5.41, 5.74) is 0.696. The molecule has 0 bridgehead atoms. The Morgan fingerprint density at radius 1 is 1.21 bits per heavy atom. The summed E-state index contributed by atoms with van der Waals surface area (Å²) < 4.78 is 47.5. The Bertz CT molecular complexity index is 878. The molecule has 128 valence electrons. The van der Waals surface area contributed by atoms with E-state index >= 15 is 0 Å². The van der Waals surface area contributed by atoms with Crippen LogP contribution in [0.1, 0.15) is 37.4 Å². The molecule has 2 aromatic rings. The van der Waals surface area contributed by atoms with Crippen molar-refractivity contribution >= 4 is 10.0 Å². The van der Waals surface area contributed by atoms with Gasteiger partial charge in [-0.05, 0) is 50.6 Å². The lowest BCUT2D eigenvalue weighted by molar-refractivity contribution is 0.0702. The van der Waals surface area contributed by atoms with Gasteiger partial charge in [0.05, 0.1) is 10.9 Å². The van der Waals surface area contributed by atoms with E-state index in [2.05, 4.69) is 4.72 Å². The Kier molecular flexibility index (Phi) is 4.13. The molecule has 4 nitrogen and oxygen atoms in total. The average molecular weight is 349 g/mol. The Labute approximate surface area is 141 Å². The molecular weight excluding hydrogens is 329 g/mol. The maximum absolute atomic E-state index is 13.3. The number of ether oxygens (including phenoxy) is 1. The van der Waals surface area contributed by atoms with E-state index < -0.39 is 27.5 Å². The van der Waals surface area contributed by atoms with Gasteiger partial charge in [-0.25, -0.2) is 17.5 Å². The second-order valence-electron chi connectivity index (χ2n) is 6.69. The van der Waals surface area contributed by atoms with Gasteiger partial charge in [0.15, 0.2) is 0 Å². The Hall–Kier alpha value is -1.92. The zero-order valence-electron chi connectivity index (χ0n) is 13.8. The summed E-state index contributed by atoms with van der Waals surface area (Å²) in [7, 11) is -3.77. The van der Waals surface area contributed by atoms with Crippen molar-refractivity contribution in [3.05, 3.63) is 59.4 Å². The van der Waals surface area contributed by atoms with E-state index in [0.29, 0.717) is 17.7 Å². The molecule has 24 heavy (non-hydrogen) atoms. The predicted molar refractivity (Wildman–Crippen MR) is 90.0 cm³/mol. The number of fused-ring (bicyclic) bond motifs is 1. The van der Waals surface area contributed by atoms with Gasteiger partial charge in [0.2, 0.25) is 10.0 Å². The first-order chi connectivity index (χ1) is 11.2. The predicted octanol–water partition coefficient (Wildman–Crippen LogP) is 3.71. The molecule has 1 atom stereocenters. The van der Waals surface area contributed by atoms with Crippen LogP contribution in [0.3, 0.4) is 0 Å². The molecule has 0 unspecified atom stereocenters. The highest BCUT2D eigenvalue weighted by atomic mass is 32.2. The van der Waals surface area contributed by atoms with Crippen LogP contribution in [0.4, 0.5) is 4.39 Å². The molecule has 3 rings (SSSR count). The number of rotatable bonds is 3. The summed E-state index contributed by atoms with van der Waals surface area (Å²) in [5, 5.41) is 0. The Morgan fingerprint density at radius 3 is 2.62 bits per heavy atom. The molecule has 0 spiro atoms. The van der Waals surface area contributed by atoms with E-state index in [1.807, 2.05) is 38.1 Å². The van der Waals surface area contributed by atoms with Crippen molar-refractivity contribution in [3.63, 3.8) is 0 Å². The molecule has 0 fully saturated rings. The quantitative estimate of drug-likeness (QED) is 0.919. The number of aryl methyl sites for hydroxylation is 1. The first-order valence-corrected chi connectivity index (χ1v) is 9.23. The van der Waals surface area contributed by atoms with Gasteiger partial charge in [-0.3, -0.25) is 0 Å². The van der Waals surface area contributed by atoms with E-state index in [4.69, 9.17) is 4.74 Å². The molecule has 0 amide bonds. The van der Waals surface area contributed by atoms with Gasteiger partial charge in [0.1, 0.15) is 17.2 Å². The number of hydrogen-bond donors (Lipinski definition) is 1. The van der Waals surface area contributed by atoms with E-state index in [9.17, 15) is 12.8 Å². The third-order valence-corrected chi connectivity index (χ3v) is 5.73. The highest BCUT2D eigenvalue weighted by Crippen LogP contribution is 2.40. The summed E-state index contributed by atoms with van der Waals surface area (Å²) in [6, 6.07) is 10.7. The lowest BCUT2D eigenvalue weighted by atomic mass is 9.90. The van der Waals surface area contributed by atoms with E-state index in [0.717, 1.165) is 11.6 Å². The molecule has 1 aliphatic heterocycles. The molecule has 0 saturated heterocycles. The molecular formula is C18H20FNO3S. The van der Waals surface area contributed by atoms with Crippen LogP contribution in [-0.2, 0) is 10.0 Å². The number of sulfonamides is 1. The number of nitrogens with one attached hydrogen (secondary N) is 1. The minimum Gasteiger partial charge on any atom is -0.487 e. The third-order valence-electron chi connectivity index (χ3n) is 4.10. The standard InChI is InChI=1S/C18H20FNO3S/c1-12-10-13(19)8-9-17(12)24(21,22)20-15-11-18(2,3)23-16-7-5-4-6-14(15)16/h4-10,15,20H,11H2,1-3H3/t15-/m0/s1. The molecule has 0 saturated carbocycles. The number of benzene rings is 2. The van der Waals surface area contributed by atoms with Crippen molar-refractivity contribution in [2.24, 2.45) is 0 Å². The lowest BCUT2D eigenvalue weighted by Crippen LogP contribution is -2.41. The zero-order valence-corrected chi connectivity index (χ0v) is 14.7. The Morgan fingerprint density at radius 2 is 1.92 bits per heavy atom. The van der Waals surface area contributed by atoms with Crippen molar-refractivity contribution in [1.82, 2.24) is 4.72 Å². The van der Waals surface area contributed by atoms with Crippen LogP contribution in [0, 0.1) is 12.7 Å². The zero-order chi connectivity index (χ0) is 17.5. The highest BCUT2D eigenvalue weighted by molar-refractivity contribution is 7.89. The SMILES string of the molecule is Cc1cc(F)ccc1S(=O)(=O)N[C@H]1CC(C)(C)Oc2ccccc21. The maximum Gasteiger partial charge on any atom is 0.241 e. The fraction of sp³-hybridized carbons (Fsp3) is 0.333. The highest BCUT2D eigenvalue weighted by Gasteiger charge is 2.36. The normalized spacial score (nSPS) is 19.4. The fourth-order valence-corrected chi connectivity index (χ4v) is 4.51.